The van der Waals surface area contributed by atoms with Gasteiger partial charge in [0, 0.05) is 12.6 Å². The molecule has 2 amide bonds. The standard InChI is InChI=1S/C10H17N3O2/c1-6-2-3-13(5-7(6)11)8-4-9(14)12-10(8)15/h6-8H,2-5,11H2,1H3,(H,12,14,15). The normalized spacial score (nSPS) is 38.1. The first-order valence-electron chi connectivity index (χ1n) is 5.41. The van der Waals surface area contributed by atoms with Crippen LogP contribution in [0.4, 0.5) is 0 Å². The van der Waals surface area contributed by atoms with Crippen LogP contribution in [0.2, 0.25) is 0 Å². The number of amides is 2. The van der Waals surface area contributed by atoms with Crippen LogP contribution in [0.5, 0.6) is 0 Å². The fraction of sp³-hybridized carbons (Fsp3) is 0.800. The average Bonchev–Trinajstić information content (AvgIpc) is 2.50. The van der Waals surface area contributed by atoms with Crippen LogP contribution in [0.25, 0.3) is 0 Å². The number of hydrogen-bond donors (Lipinski definition) is 2. The van der Waals surface area contributed by atoms with Gasteiger partial charge in [0.05, 0.1) is 12.5 Å². The molecule has 2 aliphatic rings. The highest BCUT2D eigenvalue weighted by atomic mass is 16.2. The second-order valence-corrected chi connectivity index (χ2v) is 4.56. The van der Waals surface area contributed by atoms with Crippen molar-refractivity contribution in [1.82, 2.24) is 10.2 Å². The summed E-state index contributed by atoms with van der Waals surface area (Å²) in [6, 6.07) is -0.168. The molecule has 2 heterocycles. The van der Waals surface area contributed by atoms with E-state index in [0.717, 1.165) is 13.0 Å². The van der Waals surface area contributed by atoms with Gasteiger partial charge in [0.1, 0.15) is 0 Å². The third-order valence-electron chi connectivity index (χ3n) is 3.43. The Morgan fingerprint density at radius 1 is 1.47 bits per heavy atom. The van der Waals surface area contributed by atoms with Crippen molar-refractivity contribution in [2.45, 2.75) is 31.8 Å². The summed E-state index contributed by atoms with van der Waals surface area (Å²) in [6.07, 6.45) is 1.29. The lowest BCUT2D eigenvalue weighted by Gasteiger charge is -2.37. The Morgan fingerprint density at radius 3 is 2.73 bits per heavy atom. The Labute approximate surface area is 89.0 Å². The Balaban J connectivity index is 2.00. The SMILES string of the molecule is CC1CCN(C2CC(=O)NC2=O)CC1N. The number of nitrogens with one attached hydrogen (secondary N) is 1. The summed E-state index contributed by atoms with van der Waals surface area (Å²) in [6.45, 7) is 3.70. The fourth-order valence-electron chi connectivity index (χ4n) is 2.24. The van der Waals surface area contributed by atoms with Crippen LogP contribution in [0, 0.1) is 5.92 Å². The number of nitrogens with zero attached hydrogens (tertiary/aromatic N) is 1. The summed E-state index contributed by atoms with van der Waals surface area (Å²) in [4.78, 5) is 24.6. The van der Waals surface area contributed by atoms with Gasteiger partial charge in [-0.25, -0.2) is 0 Å². The van der Waals surface area contributed by atoms with E-state index in [-0.39, 0.29) is 23.9 Å². The lowest BCUT2D eigenvalue weighted by Crippen LogP contribution is -2.53. The minimum atomic E-state index is -0.281. The summed E-state index contributed by atoms with van der Waals surface area (Å²) in [5.41, 5.74) is 5.96. The molecule has 5 heteroatoms. The van der Waals surface area contributed by atoms with Crippen molar-refractivity contribution in [3.05, 3.63) is 0 Å². The minimum Gasteiger partial charge on any atom is -0.326 e. The molecular weight excluding hydrogens is 194 g/mol. The number of likely N-dealkylation sites (tertiary alicyclic amines) is 1. The number of rotatable bonds is 1. The van der Waals surface area contributed by atoms with E-state index in [1.54, 1.807) is 0 Å². The van der Waals surface area contributed by atoms with E-state index >= 15 is 0 Å². The Bertz CT molecular complexity index is 292. The van der Waals surface area contributed by atoms with Crippen molar-refractivity contribution < 1.29 is 9.59 Å². The van der Waals surface area contributed by atoms with E-state index in [1.165, 1.54) is 0 Å². The van der Waals surface area contributed by atoms with Crippen LogP contribution < -0.4 is 11.1 Å². The van der Waals surface area contributed by atoms with Crippen LogP contribution >= 0.6 is 0 Å². The lowest BCUT2D eigenvalue weighted by molar-refractivity contribution is -0.126. The van der Waals surface area contributed by atoms with Crippen LogP contribution in [-0.4, -0.2) is 41.9 Å². The third kappa shape index (κ3) is 2.03. The number of nitrogens with two attached hydrogens (primary N) is 1. The van der Waals surface area contributed by atoms with Gasteiger partial charge in [-0.1, -0.05) is 6.92 Å². The van der Waals surface area contributed by atoms with Crippen molar-refractivity contribution in [1.29, 1.82) is 0 Å². The third-order valence-corrected chi connectivity index (χ3v) is 3.43. The zero-order valence-electron chi connectivity index (χ0n) is 8.90. The van der Waals surface area contributed by atoms with Gasteiger partial charge in [-0.15, -0.1) is 0 Å². The first-order chi connectivity index (χ1) is 7.08. The predicted octanol–water partition coefficient (Wildman–Crippen LogP) is -0.929. The van der Waals surface area contributed by atoms with Gasteiger partial charge in [-0.2, -0.15) is 0 Å². The number of imide groups is 1. The zero-order chi connectivity index (χ0) is 11.0. The summed E-state index contributed by atoms with van der Waals surface area (Å²) >= 11 is 0. The molecule has 0 aliphatic carbocycles. The monoisotopic (exact) mass is 211 g/mol. The smallest absolute Gasteiger partial charge is 0.244 e. The molecule has 0 radical (unpaired) electrons. The molecule has 2 fully saturated rings. The van der Waals surface area contributed by atoms with Gasteiger partial charge in [-0.05, 0) is 18.9 Å². The van der Waals surface area contributed by atoms with Gasteiger partial charge < -0.3 is 5.73 Å². The summed E-state index contributed by atoms with van der Waals surface area (Å²) in [7, 11) is 0. The highest BCUT2D eigenvalue weighted by Crippen LogP contribution is 2.20. The van der Waals surface area contributed by atoms with Gasteiger partial charge in [-0.3, -0.25) is 19.8 Å². The maximum absolute atomic E-state index is 11.5. The lowest BCUT2D eigenvalue weighted by atomic mass is 9.93. The van der Waals surface area contributed by atoms with Crippen molar-refractivity contribution in [3.8, 4) is 0 Å². The number of carbonyl (C=O) groups excluding carboxylic acids is 2. The Kier molecular flexibility index (Phi) is 2.75. The Hall–Kier alpha value is -0.940. The summed E-state index contributed by atoms with van der Waals surface area (Å²) in [5, 5.41) is 2.33. The van der Waals surface area contributed by atoms with Crippen LogP contribution in [0.3, 0.4) is 0 Å². The summed E-state index contributed by atoms with van der Waals surface area (Å²) < 4.78 is 0. The van der Waals surface area contributed by atoms with E-state index < -0.39 is 0 Å². The number of piperidine rings is 1. The van der Waals surface area contributed by atoms with Gasteiger partial charge >= 0.3 is 0 Å². The van der Waals surface area contributed by atoms with Gasteiger partial charge in [0.25, 0.3) is 0 Å². The van der Waals surface area contributed by atoms with Crippen LogP contribution in [0.1, 0.15) is 19.8 Å². The van der Waals surface area contributed by atoms with Crippen molar-refractivity contribution in [2.24, 2.45) is 11.7 Å². The molecule has 2 rings (SSSR count). The molecule has 5 nitrogen and oxygen atoms in total. The first kappa shape index (κ1) is 10.6. The molecule has 0 aromatic rings. The van der Waals surface area contributed by atoms with E-state index in [0.29, 0.717) is 18.9 Å². The first-order valence-corrected chi connectivity index (χ1v) is 5.41. The maximum Gasteiger partial charge on any atom is 0.244 e. The van der Waals surface area contributed by atoms with Gasteiger partial charge in [0.15, 0.2) is 0 Å². The molecule has 3 atom stereocenters. The van der Waals surface area contributed by atoms with E-state index in [4.69, 9.17) is 5.73 Å². The molecule has 2 aliphatic heterocycles. The Morgan fingerprint density at radius 2 is 2.20 bits per heavy atom. The zero-order valence-corrected chi connectivity index (χ0v) is 8.90. The fourth-order valence-corrected chi connectivity index (χ4v) is 2.24. The maximum atomic E-state index is 11.5. The van der Waals surface area contributed by atoms with Crippen molar-refractivity contribution in [3.63, 3.8) is 0 Å². The molecular formula is C10H17N3O2. The molecule has 0 aromatic heterocycles. The number of hydrogen-bond acceptors (Lipinski definition) is 4. The minimum absolute atomic E-state index is 0.113. The van der Waals surface area contributed by atoms with E-state index in [9.17, 15) is 9.59 Å². The highest BCUT2D eigenvalue weighted by Gasteiger charge is 2.37. The average molecular weight is 211 g/mol. The largest absolute Gasteiger partial charge is 0.326 e. The molecule has 0 bridgehead atoms. The highest BCUT2D eigenvalue weighted by molar-refractivity contribution is 6.05. The summed E-state index contributed by atoms with van der Waals surface area (Å²) in [5.74, 6) is 0.167. The second kappa shape index (κ2) is 3.90. The molecule has 3 unspecified atom stereocenters. The molecule has 84 valence electrons. The van der Waals surface area contributed by atoms with E-state index in [1.807, 2.05) is 4.90 Å². The topological polar surface area (TPSA) is 75.4 Å². The molecule has 0 saturated carbocycles. The van der Waals surface area contributed by atoms with Gasteiger partial charge in [0.2, 0.25) is 11.8 Å². The molecule has 0 aromatic carbocycles. The van der Waals surface area contributed by atoms with Crippen LogP contribution in [0.15, 0.2) is 0 Å². The molecule has 0 spiro atoms. The molecule has 2 saturated heterocycles. The van der Waals surface area contributed by atoms with E-state index in [2.05, 4.69) is 12.2 Å². The predicted molar refractivity (Wildman–Crippen MR) is 54.9 cm³/mol. The quantitative estimate of drug-likeness (QED) is 0.549. The second-order valence-electron chi connectivity index (χ2n) is 4.56. The van der Waals surface area contributed by atoms with Crippen molar-refractivity contribution >= 4 is 11.8 Å². The van der Waals surface area contributed by atoms with Crippen LogP contribution in [-0.2, 0) is 9.59 Å². The molecule has 15 heavy (non-hydrogen) atoms. The van der Waals surface area contributed by atoms with Crippen molar-refractivity contribution in [2.75, 3.05) is 13.1 Å². The molecule has 3 N–H and O–H groups in total. The number of carbonyl (C=O) groups is 2.